The molecule has 20 heavy (non-hydrogen) atoms. The van der Waals surface area contributed by atoms with Gasteiger partial charge in [-0.2, -0.15) is 4.31 Å². The molecule has 0 saturated carbocycles. The fraction of sp³-hybridized carbons (Fsp3) is 1.00. The van der Waals surface area contributed by atoms with E-state index in [1.807, 2.05) is 0 Å². The van der Waals surface area contributed by atoms with E-state index in [0.29, 0.717) is 32.7 Å². The third kappa shape index (κ3) is 9.66. The summed E-state index contributed by atoms with van der Waals surface area (Å²) in [5, 5.41) is 3.27. The van der Waals surface area contributed by atoms with E-state index >= 15 is 0 Å². The highest BCUT2D eigenvalue weighted by Crippen LogP contribution is 2.05. The van der Waals surface area contributed by atoms with E-state index in [2.05, 4.69) is 12.2 Å². The van der Waals surface area contributed by atoms with Gasteiger partial charge >= 0.3 is 0 Å². The summed E-state index contributed by atoms with van der Waals surface area (Å²) in [4.78, 5) is 0. The molecule has 0 aromatic heterocycles. The van der Waals surface area contributed by atoms with E-state index in [9.17, 15) is 8.42 Å². The Bertz CT molecular complexity index is 301. The molecule has 7 heteroatoms. The normalized spacial score (nSPS) is 12.2. The first-order valence-corrected chi connectivity index (χ1v) is 8.85. The van der Waals surface area contributed by atoms with Crippen LogP contribution in [-0.4, -0.2) is 72.1 Å². The van der Waals surface area contributed by atoms with Gasteiger partial charge in [-0.15, -0.1) is 0 Å². The number of nitrogens with zero attached hydrogens (tertiary/aromatic N) is 1. The molecule has 0 spiro atoms. The summed E-state index contributed by atoms with van der Waals surface area (Å²) < 4.78 is 35.8. The van der Waals surface area contributed by atoms with Crippen molar-refractivity contribution in [1.82, 2.24) is 9.62 Å². The molecule has 0 radical (unpaired) electrons. The summed E-state index contributed by atoms with van der Waals surface area (Å²) in [7, 11) is -0.0741. The summed E-state index contributed by atoms with van der Waals surface area (Å²) in [5.74, 6) is 0.189. The van der Waals surface area contributed by atoms with Gasteiger partial charge in [-0.3, -0.25) is 0 Å². The smallest absolute Gasteiger partial charge is 0.214 e. The van der Waals surface area contributed by atoms with Crippen molar-refractivity contribution >= 4 is 10.0 Å². The standard InChI is InChI=1S/C13H30N2O4S/c1-4-7-14-8-5-6-13-20(16,17)15(9-11-18-2)10-12-19-3/h14H,4-13H2,1-3H3. The van der Waals surface area contributed by atoms with Crippen LogP contribution < -0.4 is 5.32 Å². The van der Waals surface area contributed by atoms with Crippen LogP contribution in [-0.2, 0) is 19.5 Å². The molecular formula is C13H30N2O4S. The Balaban J connectivity index is 4.10. The number of methoxy groups -OCH3 is 2. The van der Waals surface area contributed by atoms with Crippen LogP contribution in [0.25, 0.3) is 0 Å². The molecule has 0 saturated heterocycles. The zero-order chi connectivity index (χ0) is 15.3. The third-order valence-corrected chi connectivity index (χ3v) is 4.87. The van der Waals surface area contributed by atoms with Crippen LogP contribution in [0.2, 0.25) is 0 Å². The van der Waals surface area contributed by atoms with Crippen LogP contribution >= 0.6 is 0 Å². The molecule has 0 aliphatic rings. The zero-order valence-electron chi connectivity index (χ0n) is 13.1. The molecule has 0 unspecified atom stereocenters. The number of unbranched alkanes of at least 4 members (excludes halogenated alkanes) is 1. The first kappa shape index (κ1) is 19.8. The summed E-state index contributed by atoms with van der Waals surface area (Å²) in [6, 6.07) is 0. The molecule has 0 aromatic rings. The number of sulfonamides is 1. The Hall–Kier alpha value is -0.210. The summed E-state index contributed by atoms with van der Waals surface area (Å²) in [6.07, 6.45) is 2.65. The lowest BCUT2D eigenvalue weighted by Gasteiger charge is -2.21. The van der Waals surface area contributed by atoms with Gasteiger partial charge in [-0.25, -0.2) is 8.42 Å². The van der Waals surface area contributed by atoms with E-state index < -0.39 is 10.0 Å². The van der Waals surface area contributed by atoms with E-state index in [4.69, 9.17) is 9.47 Å². The van der Waals surface area contributed by atoms with Crippen LogP contribution in [0.5, 0.6) is 0 Å². The second kappa shape index (κ2) is 12.5. The van der Waals surface area contributed by atoms with E-state index in [1.54, 1.807) is 14.2 Å². The molecule has 0 amide bonds. The number of hydrogen-bond donors (Lipinski definition) is 1. The molecule has 1 N–H and O–H groups in total. The van der Waals surface area contributed by atoms with Gasteiger partial charge in [0.25, 0.3) is 0 Å². The quantitative estimate of drug-likeness (QED) is 0.478. The summed E-state index contributed by atoms with van der Waals surface area (Å²) >= 11 is 0. The van der Waals surface area contributed by atoms with Gasteiger partial charge in [-0.1, -0.05) is 6.92 Å². The Morgan fingerprint density at radius 3 is 2.10 bits per heavy atom. The van der Waals surface area contributed by atoms with Gasteiger partial charge in [0.15, 0.2) is 0 Å². The maximum absolute atomic E-state index is 12.2. The molecule has 0 bridgehead atoms. The topological polar surface area (TPSA) is 67.9 Å². The predicted octanol–water partition coefficient (Wildman–Crippen LogP) is 0.691. The van der Waals surface area contributed by atoms with Gasteiger partial charge in [0.05, 0.1) is 19.0 Å². The number of nitrogens with one attached hydrogen (secondary N) is 1. The van der Waals surface area contributed by atoms with Gasteiger partial charge in [0.1, 0.15) is 0 Å². The predicted molar refractivity (Wildman–Crippen MR) is 81.5 cm³/mol. The van der Waals surface area contributed by atoms with Crippen molar-refractivity contribution in [3.05, 3.63) is 0 Å². The maximum Gasteiger partial charge on any atom is 0.214 e. The van der Waals surface area contributed by atoms with Crippen molar-refractivity contribution in [3.63, 3.8) is 0 Å². The molecule has 0 rings (SSSR count). The van der Waals surface area contributed by atoms with Crippen LogP contribution in [0, 0.1) is 0 Å². The highest BCUT2D eigenvalue weighted by molar-refractivity contribution is 7.89. The monoisotopic (exact) mass is 310 g/mol. The van der Waals surface area contributed by atoms with Gasteiger partial charge in [0, 0.05) is 27.3 Å². The Kier molecular flexibility index (Phi) is 12.4. The molecule has 0 aromatic carbocycles. The molecule has 0 aliphatic carbocycles. The van der Waals surface area contributed by atoms with Crippen LogP contribution in [0.15, 0.2) is 0 Å². The number of rotatable bonds is 14. The highest BCUT2D eigenvalue weighted by atomic mass is 32.2. The Labute approximate surface area is 123 Å². The highest BCUT2D eigenvalue weighted by Gasteiger charge is 2.20. The Morgan fingerprint density at radius 2 is 1.60 bits per heavy atom. The van der Waals surface area contributed by atoms with Crippen LogP contribution in [0.4, 0.5) is 0 Å². The first-order valence-electron chi connectivity index (χ1n) is 7.25. The lowest BCUT2D eigenvalue weighted by atomic mass is 10.3. The Morgan fingerprint density at radius 1 is 1.00 bits per heavy atom. The second-order valence-electron chi connectivity index (χ2n) is 4.66. The lowest BCUT2D eigenvalue weighted by Crippen LogP contribution is -2.38. The van der Waals surface area contributed by atoms with E-state index in [-0.39, 0.29) is 5.75 Å². The van der Waals surface area contributed by atoms with Gasteiger partial charge in [-0.05, 0) is 32.4 Å². The van der Waals surface area contributed by atoms with Crippen LogP contribution in [0.1, 0.15) is 26.2 Å². The third-order valence-electron chi connectivity index (χ3n) is 2.92. The zero-order valence-corrected chi connectivity index (χ0v) is 13.9. The van der Waals surface area contributed by atoms with Gasteiger partial charge in [0.2, 0.25) is 10.0 Å². The maximum atomic E-state index is 12.2. The average Bonchev–Trinajstić information content (AvgIpc) is 2.42. The number of ether oxygens (including phenoxy) is 2. The fourth-order valence-electron chi connectivity index (χ4n) is 1.74. The summed E-state index contributed by atoms with van der Waals surface area (Å²) in [6.45, 7) is 5.55. The number of hydrogen-bond acceptors (Lipinski definition) is 5. The van der Waals surface area contributed by atoms with Crippen molar-refractivity contribution in [2.45, 2.75) is 26.2 Å². The summed E-state index contributed by atoms with van der Waals surface area (Å²) in [5.41, 5.74) is 0. The fourth-order valence-corrected chi connectivity index (χ4v) is 3.27. The second-order valence-corrected chi connectivity index (χ2v) is 6.75. The van der Waals surface area contributed by atoms with Gasteiger partial charge < -0.3 is 14.8 Å². The molecular weight excluding hydrogens is 280 g/mol. The average molecular weight is 310 g/mol. The SMILES string of the molecule is CCCNCCCCS(=O)(=O)N(CCOC)CCOC. The van der Waals surface area contributed by atoms with Crippen LogP contribution in [0.3, 0.4) is 0 Å². The minimum Gasteiger partial charge on any atom is -0.383 e. The minimum absolute atomic E-state index is 0.189. The first-order chi connectivity index (χ1) is 9.58. The molecule has 0 fully saturated rings. The minimum atomic E-state index is -3.21. The van der Waals surface area contributed by atoms with Crippen molar-refractivity contribution in [1.29, 1.82) is 0 Å². The molecule has 6 nitrogen and oxygen atoms in total. The molecule has 0 heterocycles. The van der Waals surface area contributed by atoms with Crippen molar-refractivity contribution < 1.29 is 17.9 Å². The van der Waals surface area contributed by atoms with Crippen molar-refractivity contribution in [3.8, 4) is 0 Å². The lowest BCUT2D eigenvalue weighted by molar-refractivity contribution is 0.150. The largest absolute Gasteiger partial charge is 0.383 e. The molecule has 0 aliphatic heterocycles. The van der Waals surface area contributed by atoms with E-state index in [1.165, 1.54) is 4.31 Å². The van der Waals surface area contributed by atoms with Crippen molar-refractivity contribution in [2.75, 3.05) is 59.4 Å². The van der Waals surface area contributed by atoms with Crippen molar-refractivity contribution in [2.24, 2.45) is 0 Å². The van der Waals surface area contributed by atoms with E-state index in [0.717, 1.165) is 25.9 Å². The molecule has 122 valence electrons. The molecule has 0 atom stereocenters.